The maximum atomic E-state index is 5.72. The summed E-state index contributed by atoms with van der Waals surface area (Å²) in [6, 6.07) is 0. The standard InChI is InChI=1S/C38H72Cl2O3/c39-33-29-25-21-17-13-9-5-1-3-7-11-15-19-23-27-31-35-41-37-43-38-42-36-32-28-24-20-16-12-8-4-2-6-10-14-18-22-26-30-34-40/h23-24,27-28H,1-22,25-26,29-38H2. The first-order valence-corrected chi connectivity index (χ1v) is 19.6. The van der Waals surface area contributed by atoms with E-state index in [0.29, 0.717) is 26.8 Å². The van der Waals surface area contributed by atoms with E-state index in [0.717, 1.165) is 24.6 Å². The number of ether oxygens (including phenoxy) is 3. The van der Waals surface area contributed by atoms with Crippen molar-refractivity contribution in [1.29, 1.82) is 0 Å². The number of unbranched alkanes of at least 4 members (excludes halogenated alkanes) is 24. The molecule has 0 bridgehead atoms. The van der Waals surface area contributed by atoms with Crippen molar-refractivity contribution in [3.63, 3.8) is 0 Å². The van der Waals surface area contributed by atoms with Crippen LogP contribution in [0.3, 0.4) is 0 Å². The fourth-order valence-electron chi connectivity index (χ4n) is 5.29. The maximum absolute atomic E-state index is 5.72. The van der Waals surface area contributed by atoms with E-state index >= 15 is 0 Å². The predicted molar refractivity (Wildman–Crippen MR) is 192 cm³/mol. The average molecular weight is 648 g/mol. The Morgan fingerprint density at radius 2 is 0.535 bits per heavy atom. The highest BCUT2D eigenvalue weighted by molar-refractivity contribution is 6.18. The Bertz CT molecular complexity index is 495. The first-order valence-electron chi connectivity index (χ1n) is 18.6. The highest BCUT2D eigenvalue weighted by atomic mass is 35.5. The molecule has 0 aromatic heterocycles. The summed E-state index contributed by atoms with van der Waals surface area (Å²) in [5.74, 6) is 1.65. The van der Waals surface area contributed by atoms with Crippen LogP contribution in [0.5, 0.6) is 0 Å². The molecule has 0 saturated carbocycles. The molecule has 0 N–H and O–H groups in total. The Kier molecular flexibility index (Phi) is 41.9. The zero-order chi connectivity index (χ0) is 31.0. The molecule has 5 heteroatoms. The molecule has 0 atom stereocenters. The summed E-state index contributed by atoms with van der Waals surface area (Å²) in [7, 11) is 0. The van der Waals surface area contributed by atoms with Gasteiger partial charge in [0.15, 0.2) is 0 Å². The second-order valence-electron chi connectivity index (χ2n) is 12.2. The smallest absolute Gasteiger partial charge is 0.149 e. The summed E-state index contributed by atoms with van der Waals surface area (Å²) in [6.45, 7) is 2.04. The highest BCUT2D eigenvalue weighted by Crippen LogP contribution is 2.14. The van der Waals surface area contributed by atoms with Crippen molar-refractivity contribution in [2.45, 2.75) is 180 Å². The number of rotatable bonds is 38. The van der Waals surface area contributed by atoms with Gasteiger partial charge < -0.3 is 14.2 Å². The molecule has 0 aromatic rings. The lowest BCUT2D eigenvalue weighted by Crippen LogP contribution is -2.05. The van der Waals surface area contributed by atoms with E-state index in [2.05, 4.69) is 24.3 Å². The molecule has 0 aliphatic carbocycles. The quantitative estimate of drug-likeness (QED) is 0.0289. The van der Waals surface area contributed by atoms with Gasteiger partial charge in [-0.25, -0.2) is 0 Å². The third kappa shape index (κ3) is 41.9. The second-order valence-corrected chi connectivity index (χ2v) is 13.0. The summed E-state index contributed by atoms with van der Waals surface area (Å²) in [5.41, 5.74) is 0. The third-order valence-electron chi connectivity index (χ3n) is 8.03. The molecule has 0 aromatic carbocycles. The molecule has 0 fully saturated rings. The van der Waals surface area contributed by atoms with Crippen LogP contribution in [0.4, 0.5) is 0 Å². The molecule has 256 valence electrons. The van der Waals surface area contributed by atoms with Gasteiger partial charge in [-0.15, -0.1) is 23.2 Å². The summed E-state index contributed by atoms with van der Waals surface area (Å²) in [4.78, 5) is 0. The summed E-state index contributed by atoms with van der Waals surface area (Å²) in [6.07, 6.45) is 46.2. The van der Waals surface area contributed by atoms with Crippen molar-refractivity contribution in [3.05, 3.63) is 24.3 Å². The van der Waals surface area contributed by atoms with Crippen LogP contribution in [0.15, 0.2) is 24.3 Å². The van der Waals surface area contributed by atoms with Crippen molar-refractivity contribution in [2.24, 2.45) is 0 Å². The van der Waals surface area contributed by atoms with Gasteiger partial charge in [-0.05, 0) is 51.4 Å². The maximum Gasteiger partial charge on any atom is 0.149 e. The number of halogens is 2. The van der Waals surface area contributed by atoms with E-state index in [-0.39, 0.29) is 0 Å². The van der Waals surface area contributed by atoms with E-state index in [1.165, 1.54) is 167 Å². The van der Waals surface area contributed by atoms with E-state index < -0.39 is 0 Å². The van der Waals surface area contributed by atoms with Gasteiger partial charge in [0.2, 0.25) is 0 Å². The predicted octanol–water partition coefficient (Wildman–Crippen LogP) is 13.5. The Morgan fingerprint density at radius 1 is 0.279 bits per heavy atom. The Hall–Kier alpha value is -0.0600. The topological polar surface area (TPSA) is 27.7 Å². The van der Waals surface area contributed by atoms with Crippen LogP contribution in [0.25, 0.3) is 0 Å². The van der Waals surface area contributed by atoms with Crippen molar-refractivity contribution in [2.75, 3.05) is 38.6 Å². The van der Waals surface area contributed by atoms with E-state index in [1.807, 2.05) is 0 Å². The molecule has 0 rings (SSSR count). The minimum absolute atomic E-state index is 0.312. The van der Waals surface area contributed by atoms with Crippen LogP contribution >= 0.6 is 23.2 Å². The van der Waals surface area contributed by atoms with Crippen molar-refractivity contribution in [1.82, 2.24) is 0 Å². The molecule has 0 aliphatic heterocycles. The lowest BCUT2D eigenvalue weighted by Gasteiger charge is -2.05. The van der Waals surface area contributed by atoms with Crippen LogP contribution in [-0.4, -0.2) is 38.6 Å². The summed E-state index contributed by atoms with van der Waals surface area (Å²) < 4.78 is 16.4. The molecule has 0 heterocycles. The lowest BCUT2D eigenvalue weighted by atomic mass is 10.0. The largest absolute Gasteiger partial charge is 0.355 e. The van der Waals surface area contributed by atoms with Crippen LogP contribution in [0.2, 0.25) is 0 Å². The van der Waals surface area contributed by atoms with Crippen molar-refractivity contribution < 1.29 is 14.2 Å². The van der Waals surface area contributed by atoms with Gasteiger partial charge in [0, 0.05) is 11.8 Å². The van der Waals surface area contributed by atoms with Gasteiger partial charge in [-0.1, -0.05) is 153 Å². The number of alkyl halides is 2. The molecule has 0 amide bonds. The zero-order valence-electron chi connectivity index (χ0n) is 28.3. The second kappa shape index (κ2) is 41.9. The van der Waals surface area contributed by atoms with Crippen LogP contribution in [-0.2, 0) is 14.2 Å². The summed E-state index contributed by atoms with van der Waals surface area (Å²) in [5, 5.41) is 0. The van der Waals surface area contributed by atoms with E-state index in [9.17, 15) is 0 Å². The van der Waals surface area contributed by atoms with E-state index in [1.54, 1.807) is 0 Å². The zero-order valence-corrected chi connectivity index (χ0v) is 29.8. The Labute approximate surface area is 279 Å². The first-order chi connectivity index (χ1) is 21.4. The fourth-order valence-corrected chi connectivity index (χ4v) is 5.67. The SMILES string of the molecule is ClCCCCCCCCCCCCCCC=CCCOCOCOCCC=CCCCCCCCCCCCCCCCl. The van der Waals surface area contributed by atoms with Crippen molar-refractivity contribution in [3.8, 4) is 0 Å². The fraction of sp³-hybridized carbons (Fsp3) is 0.895. The van der Waals surface area contributed by atoms with Gasteiger partial charge >= 0.3 is 0 Å². The number of allylic oxidation sites excluding steroid dienone is 2. The highest BCUT2D eigenvalue weighted by Gasteiger charge is 1.95. The molecular formula is C38H72Cl2O3. The van der Waals surface area contributed by atoms with Crippen LogP contribution in [0.1, 0.15) is 180 Å². The van der Waals surface area contributed by atoms with Crippen molar-refractivity contribution >= 4 is 23.2 Å². The minimum Gasteiger partial charge on any atom is -0.355 e. The van der Waals surface area contributed by atoms with Gasteiger partial charge in [0.25, 0.3) is 0 Å². The number of hydrogen-bond donors (Lipinski definition) is 0. The van der Waals surface area contributed by atoms with Crippen LogP contribution in [0, 0.1) is 0 Å². The molecule has 0 aliphatic rings. The molecule has 0 unspecified atom stereocenters. The molecule has 0 spiro atoms. The van der Waals surface area contributed by atoms with Gasteiger partial charge in [0.05, 0.1) is 13.2 Å². The molecular weight excluding hydrogens is 575 g/mol. The Morgan fingerprint density at radius 3 is 0.837 bits per heavy atom. The minimum atomic E-state index is 0.312. The molecule has 0 saturated heterocycles. The Balaban J connectivity index is 3.13. The van der Waals surface area contributed by atoms with Crippen LogP contribution < -0.4 is 0 Å². The number of hydrogen-bond acceptors (Lipinski definition) is 3. The normalized spacial score (nSPS) is 12.0. The molecule has 43 heavy (non-hydrogen) atoms. The van der Waals surface area contributed by atoms with Gasteiger partial charge in [-0.3, -0.25) is 0 Å². The molecule has 3 nitrogen and oxygen atoms in total. The van der Waals surface area contributed by atoms with E-state index in [4.69, 9.17) is 37.4 Å². The third-order valence-corrected chi connectivity index (χ3v) is 8.57. The lowest BCUT2D eigenvalue weighted by molar-refractivity contribution is -0.129. The van der Waals surface area contributed by atoms with Gasteiger partial charge in [0.1, 0.15) is 13.6 Å². The monoisotopic (exact) mass is 646 g/mol. The average Bonchev–Trinajstić information content (AvgIpc) is 3.02. The summed E-state index contributed by atoms with van der Waals surface area (Å²) >= 11 is 11.4. The molecule has 0 radical (unpaired) electrons. The van der Waals surface area contributed by atoms with Gasteiger partial charge in [-0.2, -0.15) is 0 Å². The first kappa shape index (κ1) is 42.9.